The number of rotatable bonds is 3. The van der Waals surface area contributed by atoms with Crippen LogP contribution in [-0.2, 0) is 19.2 Å². The zero-order valence-electron chi connectivity index (χ0n) is 21.1. The molecule has 4 aliphatic rings. The summed E-state index contributed by atoms with van der Waals surface area (Å²) in [5.41, 5.74) is 1.23. The Morgan fingerprint density at radius 3 is 2.40 bits per heavy atom. The number of fused-ring (bicyclic) bond motifs is 3. The highest BCUT2D eigenvalue weighted by molar-refractivity contribution is 6.25. The van der Waals surface area contributed by atoms with Gasteiger partial charge in [-0.25, -0.2) is 14.1 Å². The number of ketones is 2. The van der Waals surface area contributed by atoms with E-state index in [0.29, 0.717) is 11.1 Å². The van der Waals surface area contributed by atoms with Crippen LogP contribution in [-0.4, -0.2) is 44.7 Å². The number of nitrogens with zero attached hydrogens (tertiary/aromatic N) is 1. The number of imide groups is 1. The third kappa shape index (κ3) is 3.55. The van der Waals surface area contributed by atoms with Gasteiger partial charge in [-0.3, -0.25) is 19.2 Å². The lowest BCUT2D eigenvalue weighted by Gasteiger charge is -2.42. The molecule has 0 saturated carbocycles. The summed E-state index contributed by atoms with van der Waals surface area (Å²) in [6.07, 6.45) is 3.19. The van der Waals surface area contributed by atoms with Gasteiger partial charge >= 0.3 is 5.97 Å². The lowest BCUT2D eigenvalue weighted by atomic mass is 9.59. The van der Waals surface area contributed by atoms with Gasteiger partial charge in [-0.05, 0) is 61.6 Å². The SMILES string of the molecule is CC1=CC(=O)C2=C(C1=O)[C@@H](c1ccc(O)c(F)c1)C1=CC[C@@H]3C(=O)N(c4ccc(C(=O)O)c(O)c4)C(=O)[C@@H]3[C@@H]1C2. The van der Waals surface area contributed by atoms with E-state index >= 15 is 0 Å². The summed E-state index contributed by atoms with van der Waals surface area (Å²) < 4.78 is 14.5. The first-order chi connectivity index (χ1) is 19.0. The highest BCUT2D eigenvalue weighted by atomic mass is 19.1. The van der Waals surface area contributed by atoms with Crippen LogP contribution >= 0.6 is 0 Å². The van der Waals surface area contributed by atoms with E-state index in [9.17, 15) is 43.7 Å². The van der Waals surface area contributed by atoms with Gasteiger partial charge in [0.1, 0.15) is 11.3 Å². The van der Waals surface area contributed by atoms with Gasteiger partial charge in [-0.15, -0.1) is 0 Å². The maximum absolute atomic E-state index is 14.5. The summed E-state index contributed by atoms with van der Waals surface area (Å²) in [7, 11) is 0. The fourth-order valence-electron chi connectivity index (χ4n) is 6.54. The average molecular weight is 544 g/mol. The Bertz CT molecular complexity index is 1680. The predicted molar refractivity (Wildman–Crippen MR) is 137 cm³/mol. The fourth-order valence-corrected chi connectivity index (χ4v) is 6.54. The van der Waals surface area contributed by atoms with E-state index in [4.69, 9.17) is 0 Å². The average Bonchev–Trinajstić information content (AvgIpc) is 3.17. The van der Waals surface area contributed by atoms with Crippen LogP contribution in [0.2, 0.25) is 0 Å². The normalized spacial score (nSPS) is 25.8. The van der Waals surface area contributed by atoms with Crippen LogP contribution in [0.3, 0.4) is 0 Å². The third-order valence-electron chi connectivity index (χ3n) is 8.34. The van der Waals surface area contributed by atoms with Gasteiger partial charge in [-0.1, -0.05) is 17.7 Å². The number of carbonyl (C=O) groups is 5. The molecule has 3 N–H and O–H groups in total. The number of Topliss-reactive ketones (excluding diaryl/α,β-unsaturated/α-hetero) is 1. The number of carbonyl (C=O) groups excluding carboxylic acids is 4. The minimum absolute atomic E-state index is 0.0174. The van der Waals surface area contributed by atoms with Gasteiger partial charge in [0.2, 0.25) is 11.8 Å². The van der Waals surface area contributed by atoms with Gasteiger partial charge in [0.25, 0.3) is 0 Å². The molecule has 6 rings (SSSR count). The van der Waals surface area contributed by atoms with Gasteiger partial charge in [0, 0.05) is 28.7 Å². The largest absolute Gasteiger partial charge is 0.507 e. The molecule has 40 heavy (non-hydrogen) atoms. The molecule has 2 aromatic rings. The number of allylic oxidation sites excluding steroid dienone is 6. The summed E-state index contributed by atoms with van der Waals surface area (Å²) in [6.45, 7) is 1.53. The number of hydrogen-bond acceptors (Lipinski definition) is 7. The Balaban J connectivity index is 1.46. The molecule has 1 fully saturated rings. The van der Waals surface area contributed by atoms with Crippen LogP contribution in [0.25, 0.3) is 0 Å². The van der Waals surface area contributed by atoms with E-state index in [1.54, 1.807) is 6.08 Å². The number of carboxylic acids is 1. The van der Waals surface area contributed by atoms with Crippen LogP contribution in [0.4, 0.5) is 10.1 Å². The molecule has 4 atom stereocenters. The minimum atomic E-state index is -1.37. The molecule has 10 heteroatoms. The standard InChI is InChI=1S/C30H22FNO8/c1-12-8-22(34)19-11-18-15(24(26(19)27(12)36)13-2-7-21(33)20(31)9-13)5-6-17-25(18)29(38)32(28(17)37)14-3-4-16(30(39)40)23(35)10-14/h2-5,7-10,17-18,24-25,33,35H,6,11H2,1H3,(H,39,40)/t17-,18+,24-,25-/m0/s1. The van der Waals surface area contributed by atoms with Crippen molar-refractivity contribution in [3.63, 3.8) is 0 Å². The predicted octanol–water partition coefficient (Wildman–Crippen LogP) is 3.57. The number of halogens is 1. The van der Waals surface area contributed by atoms with E-state index in [0.717, 1.165) is 29.2 Å². The van der Waals surface area contributed by atoms with Crippen LogP contribution in [0.1, 0.15) is 41.6 Å². The molecule has 9 nitrogen and oxygen atoms in total. The van der Waals surface area contributed by atoms with Crippen molar-refractivity contribution in [3.05, 3.63) is 87.8 Å². The van der Waals surface area contributed by atoms with Gasteiger partial charge < -0.3 is 15.3 Å². The van der Waals surface area contributed by atoms with Crippen LogP contribution in [0.15, 0.2) is 70.8 Å². The monoisotopic (exact) mass is 543 g/mol. The topological polar surface area (TPSA) is 149 Å². The van der Waals surface area contributed by atoms with Crippen molar-refractivity contribution >= 4 is 35.0 Å². The smallest absolute Gasteiger partial charge is 0.339 e. The molecule has 0 radical (unpaired) electrons. The molecule has 1 saturated heterocycles. The van der Waals surface area contributed by atoms with Crippen LogP contribution < -0.4 is 4.90 Å². The number of aromatic carboxylic acids is 1. The van der Waals surface area contributed by atoms with Crippen molar-refractivity contribution in [2.24, 2.45) is 17.8 Å². The first kappa shape index (κ1) is 25.4. The first-order valence-corrected chi connectivity index (χ1v) is 12.6. The summed E-state index contributed by atoms with van der Waals surface area (Å²) in [4.78, 5) is 66.1. The van der Waals surface area contributed by atoms with Gasteiger partial charge in [-0.2, -0.15) is 0 Å². The van der Waals surface area contributed by atoms with Gasteiger partial charge in [0.15, 0.2) is 23.1 Å². The van der Waals surface area contributed by atoms with Crippen molar-refractivity contribution in [1.29, 1.82) is 0 Å². The molecular formula is C30H22FNO8. The number of hydrogen-bond donors (Lipinski definition) is 3. The molecule has 202 valence electrons. The number of carboxylic acid groups (broad SMARTS) is 1. The Morgan fingerprint density at radius 1 is 0.975 bits per heavy atom. The highest BCUT2D eigenvalue weighted by Crippen LogP contribution is 2.55. The molecule has 0 bridgehead atoms. The molecule has 2 aromatic carbocycles. The van der Waals surface area contributed by atoms with Crippen molar-refractivity contribution in [3.8, 4) is 11.5 Å². The van der Waals surface area contributed by atoms with Crippen molar-refractivity contribution in [2.75, 3.05) is 4.90 Å². The van der Waals surface area contributed by atoms with Crippen LogP contribution in [0.5, 0.6) is 11.5 Å². The number of anilines is 1. The molecular weight excluding hydrogens is 521 g/mol. The Hall–Kier alpha value is -4.86. The maximum Gasteiger partial charge on any atom is 0.339 e. The second-order valence-electron chi connectivity index (χ2n) is 10.5. The van der Waals surface area contributed by atoms with Gasteiger partial charge in [0.05, 0.1) is 17.5 Å². The van der Waals surface area contributed by atoms with Crippen molar-refractivity contribution in [2.45, 2.75) is 25.7 Å². The molecule has 3 aliphatic carbocycles. The molecule has 1 heterocycles. The van der Waals surface area contributed by atoms with Crippen molar-refractivity contribution in [1.82, 2.24) is 0 Å². The third-order valence-corrected chi connectivity index (χ3v) is 8.34. The first-order valence-electron chi connectivity index (χ1n) is 12.6. The molecule has 0 unspecified atom stereocenters. The minimum Gasteiger partial charge on any atom is -0.507 e. The maximum atomic E-state index is 14.5. The van der Waals surface area contributed by atoms with E-state index in [2.05, 4.69) is 0 Å². The zero-order valence-corrected chi connectivity index (χ0v) is 21.1. The Labute approximate surface area is 226 Å². The van der Waals surface area contributed by atoms with E-state index in [1.165, 1.54) is 25.1 Å². The van der Waals surface area contributed by atoms with Crippen LogP contribution in [0, 0.1) is 23.6 Å². The summed E-state index contributed by atoms with van der Waals surface area (Å²) in [5.74, 6) is -8.50. The Kier molecular flexibility index (Phi) is 5.62. The lowest BCUT2D eigenvalue weighted by Crippen LogP contribution is -2.39. The van der Waals surface area contributed by atoms with E-state index < -0.39 is 58.8 Å². The summed E-state index contributed by atoms with van der Waals surface area (Å²) in [6, 6.07) is 7.16. The number of amides is 2. The second-order valence-corrected chi connectivity index (χ2v) is 10.5. The summed E-state index contributed by atoms with van der Waals surface area (Å²) in [5, 5.41) is 29.2. The van der Waals surface area contributed by atoms with E-state index in [1.807, 2.05) is 0 Å². The number of benzene rings is 2. The zero-order chi connectivity index (χ0) is 28.6. The number of phenols is 2. The fraction of sp³-hybridized carbons (Fsp3) is 0.233. The molecule has 1 aliphatic heterocycles. The van der Waals surface area contributed by atoms with E-state index in [-0.39, 0.29) is 52.4 Å². The number of aromatic hydroxyl groups is 2. The number of phenolic OH excluding ortho intramolecular Hbond substituents is 1. The Morgan fingerprint density at radius 2 is 1.73 bits per heavy atom. The summed E-state index contributed by atoms with van der Waals surface area (Å²) >= 11 is 0. The lowest BCUT2D eigenvalue weighted by molar-refractivity contribution is -0.123. The molecule has 0 aromatic heterocycles. The highest BCUT2D eigenvalue weighted by Gasteiger charge is 2.56. The molecule has 0 spiro atoms. The van der Waals surface area contributed by atoms with Crippen molar-refractivity contribution < 1.29 is 43.7 Å². The molecule has 2 amide bonds. The second kappa shape index (κ2) is 8.84. The quantitative estimate of drug-likeness (QED) is 0.302.